The molecule has 0 aliphatic rings. The molecule has 0 aliphatic carbocycles. The van der Waals surface area contributed by atoms with Crippen molar-refractivity contribution in [2.45, 2.75) is 17.1 Å². The molecule has 1 aromatic carbocycles. The molecule has 9 heteroatoms. The van der Waals surface area contributed by atoms with Crippen LogP contribution in [-0.4, -0.2) is 44.8 Å². The fraction of sp³-hybridized carbons (Fsp3) is 0.357. The van der Waals surface area contributed by atoms with Crippen molar-refractivity contribution < 1.29 is 22.4 Å². The summed E-state index contributed by atoms with van der Waals surface area (Å²) < 4.78 is 34.3. The van der Waals surface area contributed by atoms with Gasteiger partial charge < -0.3 is 14.5 Å². The third-order valence-corrected chi connectivity index (χ3v) is 4.51. The smallest absolute Gasteiger partial charge is 0.308 e. The Morgan fingerprint density at radius 1 is 1.26 bits per heavy atom. The Morgan fingerprint density at radius 2 is 2.00 bits per heavy atom. The lowest BCUT2D eigenvalue weighted by molar-refractivity contribution is 0.0912. The number of benzene rings is 1. The van der Waals surface area contributed by atoms with E-state index < -0.39 is 21.5 Å². The van der Waals surface area contributed by atoms with Crippen LogP contribution in [0.25, 0.3) is 0 Å². The lowest BCUT2D eigenvalue weighted by Gasteiger charge is -2.01. The number of aromatic nitrogens is 2. The van der Waals surface area contributed by atoms with Crippen LogP contribution >= 0.6 is 0 Å². The Bertz CT molecular complexity index is 743. The highest BCUT2D eigenvalue weighted by molar-refractivity contribution is 7.90. The van der Waals surface area contributed by atoms with Gasteiger partial charge >= 0.3 is 11.8 Å². The summed E-state index contributed by atoms with van der Waals surface area (Å²) in [6.45, 7) is 0.914. The first kappa shape index (κ1) is 17.1. The Labute approximate surface area is 133 Å². The third kappa shape index (κ3) is 4.86. The maximum atomic E-state index is 12.2. The first-order valence-corrected chi connectivity index (χ1v) is 8.55. The highest BCUT2D eigenvalue weighted by Crippen LogP contribution is 2.15. The summed E-state index contributed by atoms with van der Waals surface area (Å²) in [7, 11) is -2.03. The highest BCUT2D eigenvalue weighted by Gasteiger charge is 2.21. The molecule has 0 aliphatic heterocycles. The lowest BCUT2D eigenvalue weighted by atomic mass is 10.4. The number of amides is 1. The van der Waals surface area contributed by atoms with Gasteiger partial charge in [0.05, 0.1) is 4.90 Å². The summed E-state index contributed by atoms with van der Waals surface area (Å²) in [4.78, 5) is 11.9. The molecule has 0 saturated carbocycles. The number of rotatable bonds is 8. The summed E-state index contributed by atoms with van der Waals surface area (Å²) >= 11 is 0. The van der Waals surface area contributed by atoms with Gasteiger partial charge in [-0.3, -0.25) is 4.79 Å². The number of carbonyl (C=O) groups is 1. The molecule has 0 fully saturated rings. The Kier molecular flexibility index (Phi) is 5.83. The summed E-state index contributed by atoms with van der Waals surface area (Å²) in [5.41, 5.74) is 0. The van der Waals surface area contributed by atoms with Crippen molar-refractivity contribution in [2.24, 2.45) is 0 Å². The van der Waals surface area contributed by atoms with Gasteiger partial charge in [0, 0.05) is 20.3 Å². The number of sulfone groups is 1. The minimum Gasteiger partial charge on any atom is -0.416 e. The zero-order valence-corrected chi connectivity index (χ0v) is 13.4. The van der Waals surface area contributed by atoms with Gasteiger partial charge in [0.1, 0.15) is 5.75 Å². The summed E-state index contributed by atoms with van der Waals surface area (Å²) in [5.74, 6) is -1.39. The van der Waals surface area contributed by atoms with Crippen LogP contribution in [0.3, 0.4) is 0 Å². The summed E-state index contributed by atoms with van der Waals surface area (Å²) in [6.07, 6.45) is 0.644. The van der Waals surface area contributed by atoms with Gasteiger partial charge in [-0.1, -0.05) is 18.2 Å². The second-order valence-corrected chi connectivity index (χ2v) is 6.66. The zero-order chi connectivity index (χ0) is 16.7. The van der Waals surface area contributed by atoms with Crippen molar-refractivity contribution in [2.75, 3.05) is 20.3 Å². The van der Waals surface area contributed by atoms with Crippen molar-refractivity contribution in [1.29, 1.82) is 0 Å². The van der Waals surface area contributed by atoms with E-state index in [-0.39, 0.29) is 16.7 Å². The Hall–Kier alpha value is -2.26. The van der Waals surface area contributed by atoms with Gasteiger partial charge in [0.15, 0.2) is 9.84 Å². The normalized spacial score (nSPS) is 11.3. The predicted octanol–water partition coefficient (Wildman–Crippen LogP) is 0.810. The molecular weight excluding hydrogens is 322 g/mol. The number of hydrogen-bond acceptors (Lipinski definition) is 7. The maximum Gasteiger partial charge on any atom is 0.308 e. The van der Waals surface area contributed by atoms with Crippen molar-refractivity contribution in [3.05, 3.63) is 42.1 Å². The van der Waals surface area contributed by atoms with Crippen LogP contribution in [-0.2, 0) is 20.3 Å². The van der Waals surface area contributed by atoms with Gasteiger partial charge in [0.25, 0.3) is 0 Å². The quantitative estimate of drug-likeness (QED) is 0.708. The first-order chi connectivity index (χ1) is 11.0. The van der Waals surface area contributed by atoms with E-state index in [1.807, 2.05) is 0 Å². The van der Waals surface area contributed by atoms with Crippen LogP contribution in [0.5, 0.6) is 0 Å². The summed E-state index contributed by atoms with van der Waals surface area (Å²) in [5, 5.41) is 9.76. The van der Waals surface area contributed by atoms with Gasteiger partial charge in [-0.25, -0.2) is 8.42 Å². The van der Waals surface area contributed by atoms with E-state index in [4.69, 9.17) is 9.15 Å². The van der Waals surface area contributed by atoms with Gasteiger partial charge in [-0.2, -0.15) is 0 Å². The van der Waals surface area contributed by atoms with Crippen LogP contribution < -0.4 is 5.32 Å². The SMILES string of the molecule is COCCCNC(=O)c1nnc(CS(=O)(=O)c2ccccc2)o1. The Balaban J connectivity index is 1.98. The second-order valence-electron chi connectivity index (χ2n) is 4.68. The van der Waals surface area contributed by atoms with Gasteiger partial charge in [-0.05, 0) is 18.6 Å². The Morgan fingerprint density at radius 3 is 2.70 bits per heavy atom. The van der Waals surface area contributed by atoms with Crippen LogP contribution in [0.15, 0.2) is 39.6 Å². The lowest BCUT2D eigenvalue weighted by Crippen LogP contribution is -2.25. The molecule has 1 N–H and O–H groups in total. The molecule has 124 valence electrons. The zero-order valence-electron chi connectivity index (χ0n) is 12.6. The molecule has 0 bridgehead atoms. The highest BCUT2D eigenvalue weighted by atomic mass is 32.2. The van der Waals surface area contributed by atoms with Gasteiger partial charge in [-0.15, -0.1) is 10.2 Å². The largest absolute Gasteiger partial charge is 0.416 e. The van der Waals surface area contributed by atoms with Crippen molar-refractivity contribution in [3.8, 4) is 0 Å². The number of carbonyl (C=O) groups excluding carboxylic acids is 1. The average Bonchev–Trinajstić information content (AvgIpc) is 3.00. The summed E-state index contributed by atoms with van der Waals surface area (Å²) in [6, 6.07) is 7.93. The van der Waals surface area contributed by atoms with Crippen LogP contribution in [0.2, 0.25) is 0 Å². The molecular formula is C14H17N3O5S. The van der Waals surface area contributed by atoms with Crippen LogP contribution in [0.4, 0.5) is 0 Å². The van der Waals surface area contributed by atoms with E-state index in [1.54, 1.807) is 25.3 Å². The molecule has 0 atom stereocenters. The molecule has 0 unspecified atom stereocenters. The molecule has 0 radical (unpaired) electrons. The van der Waals surface area contributed by atoms with Crippen molar-refractivity contribution >= 4 is 15.7 Å². The van der Waals surface area contributed by atoms with Crippen LogP contribution in [0, 0.1) is 0 Å². The monoisotopic (exact) mass is 339 g/mol. The number of methoxy groups -OCH3 is 1. The standard InChI is InChI=1S/C14H17N3O5S/c1-21-9-5-8-15-13(18)14-17-16-12(22-14)10-23(19,20)11-6-3-2-4-7-11/h2-4,6-7H,5,8-10H2,1H3,(H,15,18). The molecule has 0 saturated heterocycles. The minimum absolute atomic E-state index is 0.129. The molecule has 2 rings (SSSR count). The fourth-order valence-electron chi connectivity index (χ4n) is 1.77. The van der Waals surface area contributed by atoms with E-state index in [1.165, 1.54) is 12.1 Å². The van der Waals surface area contributed by atoms with E-state index in [9.17, 15) is 13.2 Å². The molecule has 23 heavy (non-hydrogen) atoms. The number of ether oxygens (including phenoxy) is 1. The fourth-order valence-corrected chi connectivity index (χ4v) is 2.95. The van der Waals surface area contributed by atoms with Crippen molar-refractivity contribution in [3.63, 3.8) is 0 Å². The van der Waals surface area contributed by atoms with Crippen LogP contribution in [0.1, 0.15) is 23.0 Å². The van der Waals surface area contributed by atoms with E-state index in [0.29, 0.717) is 19.6 Å². The average molecular weight is 339 g/mol. The number of nitrogens with one attached hydrogen (secondary N) is 1. The molecule has 1 heterocycles. The molecule has 1 aromatic heterocycles. The van der Waals surface area contributed by atoms with Crippen molar-refractivity contribution in [1.82, 2.24) is 15.5 Å². The minimum atomic E-state index is -3.59. The van der Waals surface area contributed by atoms with E-state index >= 15 is 0 Å². The van der Waals surface area contributed by atoms with Gasteiger partial charge in [0.2, 0.25) is 5.89 Å². The number of nitrogens with zero attached hydrogens (tertiary/aromatic N) is 2. The maximum absolute atomic E-state index is 12.2. The molecule has 8 nitrogen and oxygen atoms in total. The van der Waals surface area contributed by atoms with E-state index in [2.05, 4.69) is 15.5 Å². The topological polar surface area (TPSA) is 111 Å². The van der Waals surface area contributed by atoms with E-state index in [0.717, 1.165) is 0 Å². The predicted molar refractivity (Wildman–Crippen MR) is 80.5 cm³/mol. The molecule has 1 amide bonds. The first-order valence-electron chi connectivity index (χ1n) is 6.90. The third-order valence-electron chi connectivity index (χ3n) is 2.89. The number of hydrogen-bond donors (Lipinski definition) is 1. The second kappa shape index (κ2) is 7.84. The molecule has 2 aromatic rings. The molecule has 0 spiro atoms.